The van der Waals surface area contributed by atoms with E-state index in [-0.39, 0.29) is 0 Å². The molecule has 1 unspecified atom stereocenters. The van der Waals surface area contributed by atoms with Crippen molar-refractivity contribution in [2.24, 2.45) is 0 Å². The minimum Gasteiger partial charge on any atom is -0.494 e. The van der Waals surface area contributed by atoms with E-state index in [1.54, 1.807) is 0 Å². The summed E-state index contributed by atoms with van der Waals surface area (Å²) < 4.78 is 5.73. The van der Waals surface area contributed by atoms with Crippen LogP contribution in [0.15, 0.2) is 42.6 Å². The van der Waals surface area contributed by atoms with Crippen LogP contribution in [0.4, 0.5) is 0 Å². The molecule has 0 aliphatic rings. The molecule has 0 saturated carbocycles. The molecule has 0 spiro atoms. The van der Waals surface area contributed by atoms with E-state index >= 15 is 0 Å². The van der Waals surface area contributed by atoms with Crippen molar-refractivity contribution >= 4 is 0 Å². The zero-order chi connectivity index (χ0) is 17.2. The van der Waals surface area contributed by atoms with Crippen LogP contribution in [0, 0.1) is 0 Å². The van der Waals surface area contributed by atoms with E-state index in [1.807, 2.05) is 6.20 Å². The maximum Gasteiger partial charge on any atom is 0.119 e. The van der Waals surface area contributed by atoms with Gasteiger partial charge in [-0.2, -0.15) is 0 Å². The number of nitrogens with zero attached hydrogens (tertiary/aromatic N) is 1. The van der Waals surface area contributed by atoms with E-state index in [0.717, 1.165) is 37.3 Å². The van der Waals surface area contributed by atoms with Crippen LogP contribution >= 0.6 is 0 Å². The molecule has 0 N–H and O–H groups in total. The number of hydrogen-bond acceptors (Lipinski definition) is 2. The fraction of sp³-hybridized carbons (Fsp3) is 0.500. The molecule has 0 aliphatic carbocycles. The van der Waals surface area contributed by atoms with E-state index in [4.69, 9.17) is 4.74 Å². The number of aryl methyl sites for hydroxylation is 1. The lowest BCUT2D eigenvalue weighted by atomic mass is 9.96. The molecule has 1 atom stereocenters. The van der Waals surface area contributed by atoms with Gasteiger partial charge in [0.2, 0.25) is 0 Å². The average molecular weight is 325 g/mol. The van der Waals surface area contributed by atoms with Crippen LogP contribution in [0.1, 0.15) is 75.6 Å². The quantitative estimate of drug-likeness (QED) is 0.489. The van der Waals surface area contributed by atoms with Crippen LogP contribution in [-0.2, 0) is 6.42 Å². The lowest BCUT2D eigenvalue weighted by Crippen LogP contribution is -2.01. The van der Waals surface area contributed by atoms with Crippen LogP contribution < -0.4 is 4.74 Å². The van der Waals surface area contributed by atoms with Gasteiger partial charge in [0, 0.05) is 17.8 Å². The molecular weight excluding hydrogens is 294 g/mol. The van der Waals surface area contributed by atoms with Crippen molar-refractivity contribution in [2.75, 3.05) is 6.61 Å². The summed E-state index contributed by atoms with van der Waals surface area (Å²) >= 11 is 0. The van der Waals surface area contributed by atoms with Crippen molar-refractivity contribution in [3.8, 4) is 5.75 Å². The average Bonchev–Trinajstić information content (AvgIpc) is 2.63. The fourth-order valence-corrected chi connectivity index (χ4v) is 2.78. The zero-order valence-corrected chi connectivity index (χ0v) is 15.4. The van der Waals surface area contributed by atoms with Crippen LogP contribution in [-0.4, -0.2) is 11.6 Å². The smallest absolute Gasteiger partial charge is 0.119 e. The molecule has 0 fully saturated rings. The molecule has 130 valence electrons. The minimum atomic E-state index is 0.305. The topological polar surface area (TPSA) is 22.1 Å². The van der Waals surface area contributed by atoms with Crippen molar-refractivity contribution in [1.82, 2.24) is 4.98 Å². The fourth-order valence-electron chi connectivity index (χ4n) is 2.78. The number of pyridine rings is 1. The van der Waals surface area contributed by atoms with Gasteiger partial charge in [0.25, 0.3) is 0 Å². The van der Waals surface area contributed by atoms with E-state index < -0.39 is 0 Å². The molecule has 1 heterocycles. The summed E-state index contributed by atoms with van der Waals surface area (Å²) in [6.07, 6.45) is 9.27. The van der Waals surface area contributed by atoms with Gasteiger partial charge in [0.1, 0.15) is 5.75 Å². The first-order chi connectivity index (χ1) is 11.7. The summed E-state index contributed by atoms with van der Waals surface area (Å²) in [5.41, 5.74) is 3.76. The van der Waals surface area contributed by atoms with E-state index in [1.165, 1.54) is 30.4 Å². The highest BCUT2D eigenvalue weighted by Gasteiger charge is 2.10. The predicted octanol–water partition coefficient (Wildman–Crippen LogP) is 6.15. The molecule has 0 saturated heterocycles. The number of benzene rings is 1. The lowest BCUT2D eigenvalue weighted by Gasteiger charge is -2.13. The monoisotopic (exact) mass is 325 g/mol. The van der Waals surface area contributed by atoms with Crippen molar-refractivity contribution in [3.63, 3.8) is 0 Å². The van der Waals surface area contributed by atoms with Gasteiger partial charge in [-0.25, -0.2) is 0 Å². The highest BCUT2D eigenvalue weighted by atomic mass is 16.5. The first kappa shape index (κ1) is 18.5. The van der Waals surface area contributed by atoms with Gasteiger partial charge < -0.3 is 4.74 Å². The molecule has 0 radical (unpaired) electrons. The Bertz CT molecular complexity index is 520. The summed E-state index contributed by atoms with van der Waals surface area (Å²) in [5, 5.41) is 0. The standard InChI is InChI=1S/C22H31NO/c1-4-6-8-9-19-10-15-22(23-17-19)18(3)20-11-13-21(14-12-20)24-16-7-5-2/h10-15,17-18H,4-9,16H2,1-3H3. The first-order valence-corrected chi connectivity index (χ1v) is 9.42. The van der Waals surface area contributed by atoms with Crippen LogP contribution in [0.3, 0.4) is 0 Å². The number of unbranched alkanes of at least 4 members (excludes halogenated alkanes) is 3. The van der Waals surface area contributed by atoms with Crippen LogP contribution in [0.2, 0.25) is 0 Å². The molecule has 2 aromatic rings. The molecular formula is C22H31NO. The second-order valence-corrected chi connectivity index (χ2v) is 6.54. The second kappa shape index (κ2) is 10.1. The van der Waals surface area contributed by atoms with Crippen LogP contribution in [0.5, 0.6) is 5.75 Å². The highest BCUT2D eigenvalue weighted by molar-refractivity contribution is 5.33. The van der Waals surface area contributed by atoms with E-state index in [2.05, 4.69) is 62.2 Å². The van der Waals surface area contributed by atoms with Crippen molar-refractivity contribution < 1.29 is 4.74 Å². The maximum atomic E-state index is 5.73. The summed E-state index contributed by atoms with van der Waals surface area (Å²) in [7, 11) is 0. The Balaban J connectivity index is 1.93. The van der Waals surface area contributed by atoms with Gasteiger partial charge in [0.05, 0.1) is 6.61 Å². The number of hydrogen-bond donors (Lipinski definition) is 0. The van der Waals surface area contributed by atoms with Gasteiger partial charge in [-0.3, -0.25) is 4.98 Å². The molecule has 0 bridgehead atoms. The van der Waals surface area contributed by atoms with Crippen molar-refractivity contribution in [2.45, 2.75) is 65.2 Å². The van der Waals surface area contributed by atoms with Gasteiger partial charge in [-0.05, 0) is 48.6 Å². The normalized spacial score (nSPS) is 12.1. The minimum absolute atomic E-state index is 0.305. The number of aromatic nitrogens is 1. The third-order valence-electron chi connectivity index (χ3n) is 4.51. The Hall–Kier alpha value is -1.83. The molecule has 1 aromatic heterocycles. The zero-order valence-electron chi connectivity index (χ0n) is 15.4. The van der Waals surface area contributed by atoms with Gasteiger partial charge in [-0.1, -0.05) is 58.2 Å². The molecule has 2 rings (SSSR count). The molecule has 0 aliphatic heterocycles. The van der Waals surface area contributed by atoms with Crippen LogP contribution in [0.25, 0.3) is 0 Å². The SMILES string of the molecule is CCCCCc1ccc(C(C)c2ccc(OCCCC)cc2)nc1. The Labute approximate surface area is 147 Å². The molecule has 2 heteroatoms. The summed E-state index contributed by atoms with van der Waals surface area (Å²) in [5.74, 6) is 1.26. The lowest BCUT2D eigenvalue weighted by molar-refractivity contribution is 0.309. The third kappa shape index (κ3) is 5.67. The van der Waals surface area contributed by atoms with Gasteiger partial charge in [-0.15, -0.1) is 0 Å². The van der Waals surface area contributed by atoms with Gasteiger partial charge in [0.15, 0.2) is 0 Å². The van der Waals surface area contributed by atoms with Crippen molar-refractivity contribution in [3.05, 3.63) is 59.4 Å². The number of rotatable bonds is 10. The molecule has 1 aromatic carbocycles. The third-order valence-corrected chi connectivity index (χ3v) is 4.51. The Morgan fingerprint density at radius 1 is 0.917 bits per heavy atom. The molecule has 0 amide bonds. The summed E-state index contributed by atoms with van der Waals surface area (Å²) in [6.45, 7) is 7.43. The van der Waals surface area contributed by atoms with Crippen molar-refractivity contribution in [1.29, 1.82) is 0 Å². The second-order valence-electron chi connectivity index (χ2n) is 6.54. The Morgan fingerprint density at radius 3 is 2.29 bits per heavy atom. The summed E-state index contributed by atoms with van der Waals surface area (Å²) in [4.78, 5) is 4.69. The maximum absolute atomic E-state index is 5.73. The first-order valence-electron chi connectivity index (χ1n) is 9.42. The Morgan fingerprint density at radius 2 is 1.67 bits per heavy atom. The van der Waals surface area contributed by atoms with Gasteiger partial charge >= 0.3 is 0 Å². The Kier molecular flexibility index (Phi) is 7.81. The molecule has 2 nitrogen and oxygen atoms in total. The predicted molar refractivity (Wildman–Crippen MR) is 102 cm³/mol. The highest BCUT2D eigenvalue weighted by Crippen LogP contribution is 2.25. The van der Waals surface area contributed by atoms with E-state index in [9.17, 15) is 0 Å². The van der Waals surface area contributed by atoms with E-state index in [0.29, 0.717) is 5.92 Å². The largest absolute Gasteiger partial charge is 0.494 e. The number of ether oxygens (including phenoxy) is 1. The summed E-state index contributed by atoms with van der Waals surface area (Å²) in [6, 6.07) is 12.9. The molecule has 24 heavy (non-hydrogen) atoms.